The summed E-state index contributed by atoms with van der Waals surface area (Å²) in [7, 11) is 0. The highest BCUT2D eigenvalue weighted by atomic mass is 16.6. The maximum Gasteiger partial charge on any atom is 0.407 e. The molecule has 0 aliphatic heterocycles. The van der Waals surface area contributed by atoms with Crippen LogP contribution in [0.5, 0.6) is 0 Å². The van der Waals surface area contributed by atoms with Gasteiger partial charge >= 0.3 is 12.1 Å². The zero-order valence-electron chi connectivity index (χ0n) is 13.9. The normalized spacial score (nSPS) is 11.9. The van der Waals surface area contributed by atoms with Gasteiger partial charge < -0.3 is 15.2 Å². The maximum atomic E-state index is 11.6. The molecule has 5 heteroatoms. The molecular formula is C17H25NO4. The predicted octanol–water partition coefficient (Wildman–Crippen LogP) is 3.46. The van der Waals surface area contributed by atoms with Gasteiger partial charge in [-0.1, -0.05) is 38.1 Å². The smallest absolute Gasteiger partial charge is 0.407 e. The summed E-state index contributed by atoms with van der Waals surface area (Å²) in [5.41, 5.74) is 0.837. The van der Waals surface area contributed by atoms with Crippen LogP contribution in [-0.4, -0.2) is 22.8 Å². The molecule has 0 aromatic heterocycles. The number of amides is 1. The molecule has 1 aromatic carbocycles. The molecule has 0 spiro atoms. The molecule has 0 radical (unpaired) electrons. The molecule has 0 atom stereocenters. The zero-order valence-corrected chi connectivity index (χ0v) is 13.9. The average molecular weight is 307 g/mol. The lowest BCUT2D eigenvalue weighted by Gasteiger charge is -2.24. The van der Waals surface area contributed by atoms with Crippen LogP contribution in [0.4, 0.5) is 4.79 Å². The molecule has 1 amide bonds. The van der Waals surface area contributed by atoms with E-state index in [9.17, 15) is 9.59 Å². The van der Waals surface area contributed by atoms with E-state index < -0.39 is 23.1 Å². The number of hydrogen-bond acceptors (Lipinski definition) is 3. The molecule has 0 unspecified atom stereocenters. The van der Waals surface area contributed by atoms with Crippen molar-refractivity contribution in [3.8, 4) is 0 Å². The zero-order chi connectivity index (χ0) is 17.0. The number of hydrogen-bond donors (Lipinski definition) is 2. The van der Waals surface area contributed by atoms with Crippen molar-refractivity contribution in [2.75, 3.05) is 0 Å². The average Bonchev–Trinajstić information content (AvgIpc) is 2.33. The van der Waals surface area contributed by atoms with Crippen LogP contribution in [0.2, 0.25) is 0 Å². The third-order valence-corrected chi connectivity index (χ3v) is 3.14. The van der Waals surface area contributed by atoms with E-state index in [-0.39, 0.29) is 6.42 Å². The summed E-state index contributed by atoms with van der Waals surface area (Å²) in [6.07, 6.45) is -0.418. The van der Waals surface area contributed by atoms with E-state index in [1.54, 1.807) is 0 Å². The number of benzene rings is 1. The Morgan fingerprint density at radius 3 is 2.36 bits per heavy atom. The summed E-state index contributed by atoms with van der Waals surface area (Å²) < 4.78 is 5.18. The van der Waals surface area contributed by atoms with Gasteiger partial charge in [-0.25, -0.2) is 4.79 Å². The highest BCUT2D eigenvalue weighted by Crippen LogP contribution is 2.27. The number of rotatable bonds is 5. The van der Waals surface area contributed by atoms with E-state index >= 15 is 0 Å². The van der Waals surface area contributed by atoms with Crippen molar-refractivity contribution >= 4 is 12.1 Å². The van der Waals surface area contributed by atoms with E-state index in [0.29, 0.717) is 6.54 Å². The summed E-state index contributed by atoms with van der Waals surface area (Å²) in [6, 6.07) is 7.57. The van der Waals surface area contributed by atoms with E-state index in [4.69, 9.17) is 9.84 Å². The van der Waals surface area contributed by atoms with Crippen molar-refractivity contribution in [3.05, 3.63) is 35.4 Å². The van der Waals surface area contributed by atoms with Crippen LogP contribution in [0.15, 0.2) is 24.3 Å². The molecule has 0 aliphatic carbocycles. The minimum absolute atomic E-state index is 0.0515. The third-order valence-electron chi connectivity index (χ3n) is 3.14. The van der Waals surface area contributed by atoms with Gasteiger partial charge in [-0.15, -0.1) is 0 Å². The van der Waals surface area contributed by atoms with Crippen LogP contribution in [0.3, 0.4) is 0 Å². The number of alkyl carbamates (subject to hydrolysis) is 1. The lowest BCUT2D eigenvalue weighted by Crippen LogP contribution is -2.32. The number of carboxylic acids is 1. The molecule has 0 saturated heterocycles. The fourth-order valence-corrected chi connectivity index (χ4v) is 2.07. The van der Waals surface area contributed by atoms with Crippen molar-refractivity contribution < 1.29 is 19.4 Å². The Hall–Kier alpha value is -2.04. The second kappa shape index (κ2) is 6.81. The Balaban J connectivity index is 2.73. The Morgan fingerprint density at radius 1 is 1.18 bits per heavy atom. The number of aliphatic carboxylic acids is 1. The summed E-state index contributed by atoms with van der Waals surface area (Å²) >= 11 is 0. The van der Waals surface area contributed by atoms with Gasteiger partial charge in [-0.3, -0.25) is 4.79 Å². The second-order valence-corrected chi connectivity index (χ2v) is 7.01. The van der Waals surface area contributed by atoms with Crippen LogP contribution in [0.25, 0.3) is 0 Å². The topological polar surface area (TPSA) is 75.6 Å². The first-order valence-corrected chi connectivity index (χ1v) is 7.28. The van der Waals surface area contributed by atoms with Gasteiger partial charge in [0.2, 0.25) is 0 Å². The van der Waals surface area contributed by atoms with Gasteiger partial charge in [-0.2, -0.15) is 0 Å². The molecule has 2 N–H and O–H groups in total. The molecule has 1 rings (SSSR count). The minimum Gasteiger partial charge on any atom is -0.481 e. The number of carboxylic acid groups (broad SMARTS) is 1. The third kappa shape index (κ3) is 6.16. The lowest BCUT2D eigenvalue weighted by atomic mass is 9.81. The van der Waals surface area contributed by atoms with Crippen molar-refractivity contribution in [2.45, 2.75) is 58.6 Å². The van der Waals surface area contributed by atoms with Gasteiger partial charge in [0.1, 0.15) is 5.60 Å². The van der Waals surface area contributed by atoms with Gasteiger partial charge in [0.15, 0.2) is 0 Å². The lowest BCUT2D eigenvalue weighted by molar-refractivity contribution is -0.138. The number of carbonyl (C=O) groups is 2. The Kier molecular flexibility index (Phi) is 5.58. The van der Waals surface area contributed by atoms with E-state index in [2.05, 4.69) is 5.32 Å². The van der Waals surface area contributed by atoms with Gasteiger partial charge in [0, 0.05) is 12.0 Å². The largest absolute Gasteiger partial charge is 0.481 e. The quantitative estimate of drug-likeness (QED) is 0.873. The number of carbonyl (C=O) groups excluding carboxylic acids is 1. The number of nitrogens with one attached hydrogen (secondary N) is 1. The van der Waals surface area contributed by atoms with Crippen LogP contribution in [-0.2, 0) is 21.5 Å². The monoisotopic (exact) mass is 307 g/mol. The van der Waals surface area contributed by atoms with Crippen LogP contribution >= 0.6 is 0 Å². The summed E-state index contributed by atoms with van der Waals surface area (Å²) in [4.78, 5) is 22.6. The summed E-state index contributed by atoms with van der Waals surface area (Å²) in [5, 5.41) is 11.7. The highest BCUT2D eigenvalue weighted by molar-refractivity contribution is 5.69. The predicted molar refractivity (Wildman–Crippen MR) is 84.8 cm³/mol. The molecular weight excluding hydrogens is 282 g/mol. The molecule has 5 nitrogen and oxygen atoms in total. The fraction of sp³-hybridized carbons (Fsp3) is 0.529. The molecule has 0 fully saturated rings. The Bertz CT molecular complexity index is 544. The van der Waals surface area contributed by atoms with Crippen molar-refractivity contribution in [1.82, 2.24) is 5.32 Å². The summed E-state index contributed by atoms with van der Waals surface area (Å²) in [6.45, 7) is 9.54. The minimum atomic E-state index is -0.831. The molecule has 0 bridgehead atoms. The fourth-order valence-electron chi connectivity index (χ4n) is 2.07. The first-order chi connectivity index (χ1) is 9.99. The van der Waals surface area contributed by atoms with E-state index in [0.717, 1.165) is 11.1 Å². The molecule has 0 aliphatic rings. The Labute approximate surface area is 131 Å². The first kappa shape index (κ1) is 18.0. The molecule has 0 heterocycles. The molecule has 1 aromatic rings. The van der Waals surface area contributed by atoms with Gasteiger partial charge in [0.25, 0.3) is 0 Å². The second-order valence-electron chi connectivity index (χ2n) is 7.01. The van der Waals surface area contributed by atoms with E-state index in [1.165, 1.54) is 0 Å². The van der Waals surface area contributed by atoms with Crippen molar-refractivity contribution in [2.24, 2.45) is 0 Å². The molecule has 122 valence electrons. The first-order valence-electron chi connectivity index (χ1n) is 7.28. The van der Waals surface area contributed by atoms with Crippen molar-refractivity contribution in [3.63, 3.8) is 0 Å². The van der Waals surface area contributed by atoms with Crippen LogP contribution < -0.4 is 5.32 Å². The van der Waals surface area contributed by atoms with Crippen LogP contribution in [0, 0.1) is 0 Å². The molecule has 22 heavy (non-hydrogen) atoms. The maximum absolute atomic E-state index is 11.6. The number of ether oxygens (including phenoxy) is 1. The Morgan fingerprint density at radius 2 is 1.82 bits per heavy atom. The summed E-state index contributed by atoms with van der Waals surface area (Å²) in [5.74, 6) is -0.831. The SMILES string of the molecule is CC(C)(C)OC(=O)NCc1cccc(C(C)(C)CC(=O)O)c1. The van der Waals surface area contributed by atoms with Crippen LogP contribution in [0.1, 0.15) is 52.2 Å². The van der Waals surface area contributed by atoms with Gasteiger partial charge in [-0.05, 0) is 31.9 Å². The van der Waals surface area contributed by atoms with E-state index in [1.807, 2.05) is 58.9 Å². The highest BCUT2D eigenvalue weighted by Gasteiger charge is 2.24. The molecule has 0 saturated carbocycles. The standard InChI is InChI=1S/C17H25NO4/c1-16(2,3)22-15(21)18-11-12-7-6-8-13(9-12)17(4,5)10-14(19)20/h6-9H,10-11H2,1-5H3,(H,18,21)(H,19,20). The van der Waals surface area contributed by atoms with Crippen molar-refractivity contribution in [1.29, 1.82) is 0 Å². The van der Waals surface area contributed by atoms with Gasteiger partial charge in [0.05, 0.1) is 6.42 Å².